The number of alkyl halides is 2. The van der Waals surface area contributed by atoms with Crippen molar-refractivity contribution in [3.8, 4) is 16.9 Å². The quantitative estimate of drug-likeness (QED) is 0.437. The lowest BCUT2D eigenvalue weighted by molar-refractivity contribution is -0.0499. The Morgan fingerprint density at radius 3 is 2.91 bits per heavy atom. The van der Waals surface area contributed by atoms with Crippen LogP contribution in [0.4, 0.5) is 8.78 Å². The van der Waals surface area contributed by atoms with E-state index in [4.69, 9.17) is 0 Å². The van der Waals surface area contributed by atoms with E-state index >= 15 is 0 Å². The molecule has 0 radical (unpaired) electrons. The van der Waals surface area contributed by atoms with Crippen LogP contribution in [0.25, 0.3) is 22.0 Å². The molecule has 8 heteroatoms. The van der Waals surface area contributed by atoms with Gasteiger partial charge in [-0.3, -0.25) is 9.89 Å². The minimum absolute atomic E-state index is 0.0776. The molecule has 6 nitrogen and oxygen atoms in total. The molecule has 0 saturated carbocycles. The molecular weight excluding hydrogens is 414 g/mol. The van der Waals surface area contributed by atoms with Crippen molar-refractivity contribution in [1.82, 2.24) is 20.1 Å². The minimum Gasteiger partial charge on any atom is -0.435 e. The van der Waals surface area contributed by atoms with Crippen molar-refractivity contribution in [2.45, 2.75) is 32.4 Å². The summed E-state index contributed by atoms with van der Waals surface area (Å²) in [5.41, 5.74) is 5.27. The van der Waals surface area contributed by atoms with Gasteiger partial charge in [-0.25, -0.2) is 0 Å². The molecular formula is C24H22F2N4O2. The third-order valence-electron chi connectivity index (χ3n) is 6.03. The molecule has 1 atom stereocenters. The summed E-state index contributed by atoms with van der Waals surface area (Å²) in [7, 11) is 0. The van der Waals surface area contributed by atoms with E-state index in [2.05, 4.69) is 19.9 Å². The highest BCUT2D eigenvalue weighted by Crippen LogP contribution is 2.36. The molecule has 1 aliphatic heterocycles. The van der Waals surface area contributed by atoms with Crippen molar-refractivity contribution < 1.29 is 18.3 Å². The summed E-state index contributed by atoms with van der Waals surface area (Å²) >= 11 is 0. The zero-order valence-corrected chi connectivity index (χ0v) is 17.4. The molecule has 1 saturated heterocycles. The number of carbonyl (C=O) groups is 1. The number of hydrogen-bond acceptors (Lipinski definition) is 3. The summed E-state index contributed by atoms with van der Waals surface area (Å²) < 4.78 is 29.8. The van der Waals surface area contributed by atoms with Gasteiger partial charge in [0.05, 0.1) is 17.8 Å². The molecule has 1 amide bonds. The molecule has 5 rings (SSSR count). The number of fused-ring (bicyclic) bond motifs is 1. The zero-order valence-electron chi connectivity index (χ0n) is 17.4. The Kier molecular flexibility index (Phi) is 5.13. The summed E-state index contributed by atoms with van der Waals surface area (Å²) in [6.45, 7) is -0.304. The monoisotopic (exact) mass is 436 g/mol. The molecule has 4 aromatic rings. The number of halogens is 2. The van der Waals surface area contributed by atoms with Gasteiger partial charge in [0.2, 0.25) is 0 Å². The molecule has 2 N–H and O–H groups in total. The lowest BCUT2D eigenvalue weighted by atomic mass is 10.0. The number of aromatic nitrogens is 3. The lowest BCUT2D eigenvalue weighted by Gasteiger charge is -2.25. The second-order valence-electron chi connectivity index (χ2n) is 7.98. The van der Waals surface area contributed by atoms with Crippen LogP contribution in [0.15, 0.2) is 54.9 Å². The normalized spacial score (nSPS) is 16.2. The Labute approximate surface area is 183 Å². The van der Waals surface area contributed by atoms with Crippen LogP contribution in [0.5, 0.6) is 5.75 Å². The van der Waals surface area contributed by atoms with Crippen LogP contribution in [0.3, 0.4) is 0 Å². The Balaban J connectivity index is 1.44. The number of carbonyl (C=O) groups excluding carboxylic acids is 1. The fourth-order valence-electron chi connectivity index (χ4n) is 4.52. The minimum atomic E-state index is -2.88. The van der Waals surface area contributed by atoms with Gasteiger partial charge < -0.3 is 14.6 Å². The van der Waals surface area contributed by atoms with Gasteiger partial charge in [-0.05, 0) is 49.1 Å². The van der Waals surface area contributed by atoms with Gasteiger partial charge in [0.15, 0.2) is 0 Å². The predicted octanol–water partition coefficient (Wildman–Crippen LogP) is 5.45. The van der Waals surface area contributed by atoms with Crippen LogP contribution in [0.1, 0.15) is 40.5 Å². The first kappa shape index (κ1) is 20.2. The van der Waals surface area contributed by atoms with Crippen LogP contribution in [-0.2, 0) is 0 Å². The average molecular weight is 436 g/mol. The highest BCUT2D eigenvalue weighted by atomic mass is 19.3. The molecule has 3 heterocycles. The molecule has 1 fully saturated rings. The highest BCUT2D eigenvalue weighted by Gasteiger charge is 2.32. The molecule has 0 spiro atoms. The van der Waals surface area contributed by atoms with Gasteiger partial charge in [0.1, 0.15) is 5.75 Å². The van der Waals surface area contributed by atoms with E-state index in [-0.39, 0.29) is 17.7 Å². The van der Waals surface area contributed by atoms with Crippen molar-refractivity contribution in [2.75, 3.05) is 6.54 Å². The van der Waals surface area contributed by atoms with Crippen LogP contribution in [0, 0.1) is 6.92 Å². The van der Waals surface area contributed by atoms with Gasteiger partial charge in [-0.2, -0.15) is 13.9 Å². The number of rotatable bonds is 5. The highest BCUT2D eigenvalue weighted by molar-refractivity contribution is 6.07. The first-order chi connectivity index (χ1) is 15.5. The third kappa shape index (κ3) is 3.62. The number of ether oxygens (including phenoxy) is 1. The summed E-state index contributed by atoms with van der Waals surface area (Å²) in [5, 5.41) is 7.86. The maximum absolute atomic E-state index is 13.5. The summed E-state index contributed by atoms with van der Waals surface area (Å²) in [5.74, 6) is 0.0251. The van der Waals surface area contributed by atoms with E-state index in [0.717, 1.165) is 46.1 Å². The fraction of sp³-hybridized carbons (Fsp3) is 0.250. The average Bonchev–Trinajstić information content (AvgIpc) is 3.52. The third-order valence-corrected chi connectivity index (χ3v) is 6.03. The first-order valence-electron chi connectivity index (χ1n) is 10.5. The smallest absolute Gasteiger partial charge is 0.387 e. The Morgan fingerprint density at radius 2 is 2.12 bits per heavy atom. The molecule has 164 valence electrons. The number of amides is 1. The van der Waals surface area contributed by atoms with Crippen molar-refractivity contribution in [2.24, 2.45) is 0 Å². The van der Waals surface area contributed by atoms with Gasteiger partial charge in [0.25, 0.3) is 5.91 Å². The predicted molar refractivity (Wildman–Crippen MR) is 117 cm³/mol. The van der Waals surface area contributed by atoms with Gasteiger partial charge in [-0.1, -0.05) is 24.3 Å². The molecule has 0 bridgehead atoms. The number of hydrogen-bond donors (Lipinski definition) is 2. The number of likely N-dealkylation sites (tertiary alicyclic amines) is 1. The number of nitrogens with one attached hydrogen (secondary N) is 2. The SMILES string of the molecule is Cc1[nH]ncc1-c1ccc2c(C(=O)N3CCC[C@@H]3c3cccc(OC(F)F)c3)c[nH]c2c1. The number of aromatic amines is 2. The largest absolute Gasteiger partial charge is 0.435 e. The van der Waals surface area contributed by atoms with E-state index in [1.165, 1.54) is 6.07 Å². The van der Waals surface area contributed by atoms with Gasteiger partial charge >= 0.3 is 6.61 Å². The standard InChI is InChI=1S/C24H22F2N4O2/c1-14-19(13-28-29-14)15-7-8-18-20(12-27-21(18)11-15)23(31)30-9-3-6-22(30)16-4-2-5-17(10-16)32-24(25)26/h2,4-5,7-8,10-13,22,24,27H,3,6,9H2,1H3,(H,28,29)/t22-/m1/s1. The summed E-state index contributed by atoms with van der Waals surface area (Å²) in [6.07, 6.45) is 5.15. The Hall–Kier alpha value is -3.68. The number of benzene rings is 2. The van der Waals surface area contributed by atoms with Crippen molar-refractivity contribution >= 4 is 16.8 Å². The van der Waals surface area contributed by atoms with Crippen LogP contribution >= 0.6 is 0 Å². The fourth-order valence-corrected chi connectivity index (χ4v) is 4.52. The molecule has 0 unspecified atom stereocenters. The van der Waals surface area contributed by atoms with E-state index in [1.807, 2.05) is 36.1 Å². The lowest BCUT2D eigenvalue weighted by Crippen LogP contribution is -2.30. The molecule has 2 aromatic heterocycles. The molecule has 32 heavy (non-hydrogen) atoms. The first-order valence-corrected chi connectivity index (χ1v) is 10.5. The van der Waals surface area contributed by atoms with E-state index in [9.17, 15) is 13.6 Å². The Bertz CT molecular complexity index is 1280. The summed E-state index contributed by atoms with van der Waals surface area (Å²) in [4.78, 5) is 18.5. The Morgan fingerprint density at radius 1 is 1.25 bits per heavy atom. The van der Waals surface area contributed by atoms with E-state index < -0.39 is 6.61 Å². The second kappa shape index (κ2) is 8.11. The maximum atomic E-state index is 13.5. The zero-order chi connectivity index (χ0) is 22.2. The van der Waals surface area contributed by atoms with Crippen LogP contribution in [-0.4, -0.2) is 39.1 Å². The maximum Gasteiger partial charge on any atom is 0.387 e. The van der Waals surface area contributed by atoms with Gasteiger partial charge in [-0.15, -0.1) is 0 Å². The van der Waals surface area contributed by atoms with Crippen molar-refractivity contribution in [3.63, 3.8) is 0 Å². The number of aryl methyl sites for hydroxylation is 1. The molecule has 0 aliphatic carbocycles. The summed E-state index contributed by atoms with van der Waals surface area (Å²) in [6, 6.07) is 12.4. The van der Waals surface area contributed by atoms with Crippen molar-refractivity contribution in [3.05, 3.63) is 71.7 Å². The number of H-pyrrole nitrogens is 2. The molecule has 2 aromatic carbocycles. The van der Waals surface area contributed by atoms with E-state index in [0.29, 0.717) is 12.1 Å². The molecule has 1 aliphatic rings. The van der Waals surface area contributed by atoms with Crippen LogP contribution < -0.4 is 4.74 Å². The number of nitrogens with zero attached hydrogens (tertiary/aromatic N) is 2. The van der Waals surface area contributed by atoms with E-state index in [1.54, 1.807) is 24.5 Å². The second-order valence-corrected chi connectivity index (χ2v) is 7.98. The topological polar surface area (TPSA) is 74.0 Å². The van der Waals surface area contributed by atoms with Crippen molar-refractivity contribution in [1.29, 1.82) is 0 Å². The van der Waals surface area contributed by atoms with Crippen LogP contribution in [0.2, 0.25) is 0 Å². The van der Waals surface area contributed by atoms with Gasteiger partial charge in [0, 0.05) is 34.9 Å².